The Morgan fingerprint density at radius 2 is 1.57 bits per heavy atom. The number of piperidine rings is 1. The molecule has 1 saturated heterocycles. The van der Waals surface area contributed by atoms with Gasteiger partial charge >= 0.3 is 0 Å². The first kappa shape index (κ1) is 24.4. The number of fused-ring (bicyclic) bond motifs is 2. The molecule has 0 bridgehead atoms. The third-order valence-electron chi connectivity index (χ3n) is 7.77. The molecule has 1 heterocycles. The Labute approximate surface area is 209 Å². The Kier molecular flexibility index (Phi) is 7.54. The van der Waals surface area contributed by atoms with E-state index in [2.05, 4.69) is 29.2 Å². The third-order valence-corrected chi connectivity index (χ3v) is 9.63. The highest BCUT2D eigenvalue weighted by Crippen LogP contribution is 2.30. The van der Waals surface area contributed by atoms with Crippen molar-refractivity contribution in [1.29, 1.82) is 0 Å². The number of nitrogens with zero attached hydrogens (tertiary/aromatic N) is 2. The largest absolute Gasteiger partial charge is 0.385 e. The maximum Gasteiger partial charge on any atom is 0.243 e. The number of sulfonamides is 1. The molecule has 2 aliphatic rings. The van der Waals surface area contributed by atoms with E-state index < -0.39 is 10.0 Å². The summed E-state index contributed by atoms with van der Waals surface area (Å²) < 4.78 is 34.4. The minimum atomic E-state index is -3.57. The summed E-state index contributed by atoms with van der Waals surface area (Å²) in [4.78, 5) is 3.01. The fraction of sp³-hybridized carbons (Fsp3) is 0.448. The molecule has 6 heteroatoms. The smallest absolute Gasteiger partial charge is 0.243 e. The molecule has 0 N–H and O–H groups in total. The number of likely N-dealkylation sites (tertiary alicyclic amines) is 1. The van der Waals surface area contributed by atoms with E-state index in [1.54, 1.807) is 17.5 Å². The second-order valence-corrected chi connectivity index (χ2v) is 12.0. The zero-order valence-corrected chi connectivity index (χ0v) is 21.4. The van der Waals surface area contributed by atoms with Gasteiger partial charge in [-0.05, 0) is 85.1 Å². The Hall–Kier alpha value is -2.25. The van der Waals surface area contributed by atoms with E-state index in [4.69, 9.17) is 4.74 Å². The van der Waals surface area contributed by atoms with Crippen LogP contribution in [0, 0.1) is 5.92 Å². The Balaban J connectivity index is 1.25. The summed E-state index contributed by atoms with van der Waals surface area (Å²) in [7, 11) is -1.91. The summed E-state index contributed by atoms with van der Waals surface area (Å²) in [5, 5.41) is 2.01. The maximum absolute atomic E-state index is 13.7. The zero-order valence-electron chi connectivity index (χ0n) is 20.6. The van der Waals surface area contributed by atoms with Crippen molar-refractivity contribution in [2.24, 2.45) is 5.92 Å². The van der Waals surface area contributed by atoms with Crippen LogP contribution in [-0.2, 0) is 27.6 Å². The molecular weight excluding hydrogens is 456 g/mol. The van der Waals surface area contributed by atoms with Crippen LogP contribution in [0.2, 0.25) is 0 Å². The molecule has 0 amide bonds. The fourth-order valence-corrected chi connectivity index (χ4v) is 7.34. The molecule has 1 fully saturated rings. The van der Waals surface area contributed by atoms with Gasteiger partial charge in [-0.15, -0.1) is 0 Å². The molecule has 0 aromatic heterocycles. The van der Waals surface area contributed by atoms with Gasteiger partial charge in [-0.1, -0.05) is 54.6 Å². The second-order valence-electron chi connectivity index (χ2n) is 10.0. The molecule has 35 heavy (non-hydrogen) atoms. The fourth-order valence-electron chi connectivity index (χ4n) is 5.75. The van der Waals surface area contributed by atoms with E-state index in [0.29, 0.717) is 43.0 Å². The standard InChI is InChI=1S/C29H36N2O3S/c1-34-18-6-15-31(35(32,33)29-12-11-24-7-2-3-10-27(24)21-29)22-23-13-16-30(17-14-23)28-19-25-8-4-5-9-26(25)20-28/h2-5,7-12,21,23,28H,6,13-20,22H2,1H3. The van der Waals surface area contributed by atoms with Crippen molar-refractivity contribution in [2.75, 3.05) is 39.9 Å². The summed E-state index contributed by atoms with van der Waals surface area (Å²) in [6, 6.07) is 22.8. The van der Waals surface area contributed by atoms with Crippen molar-refractivity contribution in [3.05, 3.63) is 77.9 Å². The first-order chi connectivity index (χ1) is 17.0. The molecule has 0 atom stereocenters. The van der Waals surface area contributed by atoms with E-state index in [-0.39, 0.29) is 0 Å². The Bertz CT molecular complexity index is 1230. The lowest BCUT2D eigenvalue weighted by atomic mass is 9.95. The maximum atomic E-state index is 13.7. The van der Waals surface area contributed by atoms with Crippen LogP contribution < -0.4 is 0 Å². The van der Waals surface area contributed by atoms with Crippen molar-refractivity contribution in [2.45, 2.75) is 43.0 Å². The van der Waals surface area contributed by atoms with E-state index in [1.807, 2.05) is 36.4 Å². The van der Waals surface area contributed by atoms with Crippen LogP contribution in [0.25, 0.3) is 10.8 Å². The molecule has 0 spiro atoms. The minimum absolute atomic E-state index is 0.382. The lowest BCUT2D eigenvalue weighted by Gasteiger charge is -2.37. The average Bonchev–Trinajstić information content (AvgIpc) is 3.33. The third kappa shape index (κ3) is 5.46. The van der Waals surface area contributed by atoms with Crippen molar-refractivity contribution < 1.29 is 13.2 Å². The first-order valence-electron chi connectivity index (χ1n) is 12.8. The SMILES string of the molecule is COCCCN(CC1CCN(C2Cc3ccccc3C2)CC1)S(=O)(=O)c1ccc2ccccc2c1. The van der Waals surface area contributed by atoms with E-state index in [0.717, 1.165) is 49.5 Å². The normalized spacial score (nSPS) is 17.9. The summed E-state index contributed by atoms with van der Waals surface area (Å²) in [5.41, 5.74) is 2.98. The van der Waals surface area contributed by atoms with Gasteiger partial charge in [-0.3, -0.25) is 4.90 Å². The second kappa shape index (κ2) is 10.8. The Morgan fingerprint density at radius 1 is 0.914 bits per heavy atom. The van der Waals surface area contributed by atoms with Crippen LogP contribution in [0.4, 0.5) is 0 Å². The van der Waals surface area contributed by atoms with Crippen LogP contribution in [0.3, 0.4) is 0 Å². The van der Waals surface area contributed by atoms with Gasteiger partial charge in [0, 0.05) is 32.8 Å². The van der Waals surface area contributed by atoms with E-state index in [1.165, 1.54) is 11.1 Å². The lowest BCUT2D eigenvalue weighted by molar-refractivity contribution is 0.124. The van der Waals surface area contributed by atoms with Crippen LogP contribution in [-0.4, -0.2) is 63.6 Å². The molecule has 0 radical (unpaired) electrons. The van der Waals surface area contributed by atoms with Gasteiger partial charge in [0.15, 0.2) is 0 Å². The van der Waals surface area contributed by atoms with Crippen molar-refractivity contribution in [1.82, 2.24) is 9.21 Å². The van der Waals surface area contributed by atoms with Crippen molar-refractivity contribution in [3.63, 3.8) is 0 Å². The summed E-state index contributed by atoms with van der Waals surface area (Å²) in [6.45, 7) is 3.72. The Morgan fingerprint density at radius 3 is 2.26 bits per heavy atom. The number of methoxy groups -OCH3 is 1. The number of rotatable bonds is 9. The number of hydrogen-bond acceptors (Lipinski definition) is 4. The zero-order chi connectivity index (χ0) is 24.3. The molecule has 5 nitrogen and oxygen atoms in total. The number of ether oxygens (including phenoxy) is 1. The number of hydrogen-bond donors (Lipinski definition) is 0. The molecule has 1 aliphatic heterocycles. The predicted molar refractivity (Wildman–Crippen MR) is 141 cm³/mol. The van der Waals surface area contributed by atoms with Gasteiger partial charge in [0.2, 0.25) is 10.0 Å². The van der Waals surface area contributed by atoms with Gasteiger partial charge in [0.05, 0.1) is 4.90 Å². The van der Waals surface area contributed by atoms with Gasteiger partial charge in [-0.2, -0.15) is 4.31 Å². The monoisotopic (exact) mass is 492 g/mol. The molecule has 3 aromatic rings. The summed E-state index contributed by atoms with van der Waals surface area (Å²) in [6.07, 6.45) is 5.06. The predicted octanol–water partition coefficient (Wildman–Crippen LogP) is 4.75. The first-order valence-corrected chi connectivity index (χ1v) is 14.3. The van der Waals surface area contributed by atoms with Crippen molar-refractivity contribution >= 4 is 20.8 Å². The lowest BCUT2D eigenvalue weighted by Crippen LogP contribution is -2.45. The average molecular weight is 493 g/mol. The summed E-state index contributed by atoms with van der Waals surface area (Å²) in [5.74, 6) is 0.382. The quantitative estimate of drug-likeness (QED) is 0.405. The molecular formula is C29H36N2O3S. The van der Waals surface area contributed by atoms with Gasteiger partial charge < -0.3 is 4.74 Å². The van der Waals surface area contributed by atoms with Gasteiger partial charge in [0.1, 0.15) is 0 Å². The minimum Gasteiger partial charge on any atom is -0.385 e. The van der Waals surface area contributed by atoms with Gasteiger partial charge in [0.25, 0.3) is 0 Å². The summed E-state index contributed by atoms with van der Waals surface area (Å²) >= 11 is 0. The highest BCUT2D eigenvalue weighted by atomic mass is 32.2. The van der Waals surface area contributed by atoms with Crippen LogP contribution >= 0.6 is 0 Å². The molecule has 5 rings (SSSR count). The van der Waals surface area contributed by atoms with Crippen LogP contribution in [0.1, 0.15) is 30.4 Å². The molecule has 0 saturated carbocycles. The van der Waals surface area contributed by atoms with Crippen LogP contribution in [0.15, 0.2) is 71.6 Å². The van der Waals surface area contributed by atoms with Crippen LogP contribution in [0.5, 0.6) is 0 Å². The molecule has 0 unspecified atom stereocenters. The van der Waals surface area contributed by atoms with E-state index >= 15 is 0 Å². The highest BCUT2D eigenvalue weighted by molar-refractivity contribution is 7.89. The molecule has 1 aliphatic carbocycles. The number of benzene rings is 3. The van der Waals surface area contributed by atoms with Crippen molar-refractivity contribution in [3.8, 4) is 0 Å². The molecule has 3 aromatic carbocycles. The topological polar surface area (TPSA) is 49.9 Å². The van der Waals surface area contributed by atoms with Gasteiger partial charge in [-0.25, -0.2) is 8.42 Å². The highest BCUT2D eigenvalue weighted by Gasteiger charge is 2.32. The van der Waals surface area contributed by atoms with E-state index in [9.17, 15) is 8.42 Å². The molecule has 186 valence electrons.